The summed E-state index contributed by atoms with van der Waals surface area (Å²) in [6.07, 6.45) is 4.48. The number of ether oxygens (including phenoxy) is 1. The highest BCUT2D eigenvalue weighted by molar-refractivity contribution is 7.89. The van der Waals surface area contributed by atoms with E-state index in [0.717, 1.165) is 4.31 Å². The first kappa shape index (κ1) is 26.0. The smallest absolute Gasteiger partial charge is 0.262 e. The highest BCUT2D eigenvalue weighted by Crippen LogP contribution is 2.33. The van der Waals surface area contributed by atoms with Crippen molar-refractivity contribution in [3.8, 4) is 5.75 Å². The standard InChI is InChI=1S/C21H27N3O6S.ClH/c1-30-18-8-10-19(11-9-18)31(28,29)24(14-15-3-2-12-22-13-15)20(21(26)23-27)16-4-6-17(25)7-5-16;/h2-3,8-13,16-17,20,25,27H,4-7,14H2,1H3,(H,23,26);1H/t16-,17-,20?;. The number of pyridine rings is 1. The van der Waals surface area contributed by atoms with Crippen LogP contribution in [0.15, 0.2) is 53.7 Å². The molecule has 32 heavy (non-hydrogen) atoms. The minimum absolute atomic E-state index is 0. The van der Waals surface area contributed by atoms with Gasteiger partial charge < -0.3 is 9.84 Å². The molecule has 3 N–H and O–H groups in total. The molecule has 1 aromatic heterocycles. The summed E-state index contributed by atoms with van der Waals surface area (Å²) < 4.78 is 33.5. The number of nitrogens with one attached hydrogen (secondary N) is 1. The predicted octanol–water partition coefficient (Wildman–Crippen LogP) is 2.13. The third-order valence-electron chi connectivity index (χ3n) is 5.60. The zero-order chi connectivity index (χ0) is 22.4. The second kappa shape index (κ2) is 11.6. The first-order valence-corrected chi connectivity index (χ1v) is 11.5. The first-order valence-electron chi connectivity index (χ1n) is 10.0. The Labute approximate surface area is 193 Å². The van der Waals surface area contributed by atoms with Gasteiger partial charge in [-0.2, -0.15) is 4.31 Å². The van der Waals surface area contributed by atoms with Crippen LogP contribution in [-0.2, 0) is 21.4 Å². The number of halogens is 1. The number of carbonyl (C=O) groups is 1. The van der Waals surface area contributed by atoms with Crippen molar-refractivity contribution in [1.82, 2.24) is 14.8 Å². The zero-order valence-corrected chi connectivity index (χ0v) is 19.3. The van der Waals surface area contributed by atoms with E-state index in [1.807, 2.05) is 0 Å². The molecule has 0 aliphatic heterocycles. The number of hydroxylamine groups is 1. The Hall–Kier alpha value is -2.24. The molecular weight excluding hydrogens is 458 g/mol. The molecule has 1 heterocycles. The first-order chi connectivity index (χ1) is 14.9. The van der Waals surface area contributed by atoms with Crippen LogP contribution in [0, 0.1) is 5.92 Å². The molecule has 1 atom stereocenters. The minimum atomic E-state index is -4.13. The number of nitrogens with zero attached hydrogens (tertiary/aromatic N) is 2. The van der Waals surface area contributed by atoms with Crippen molar-refractivity contribution in [2.24, 2.45) is 5.92 Å². The van der Waals surface area contributed by atoms with Crippen LogP contribution in [0.4, 0.5) is 0 Å². The van der Waals surface area contributed by atoms with E-state index in [1.54, 1.807) is 23.8 Å². The molecule has 0 spiro atoms. The van der Waals surface area contributed by atoms with Crippen molar-refractivity contribution >= 4 is 28.3 Å². The van der Waals surface area contributed by atoms with Crippen molar-refractivity contribution in [1.29, 1.82) is 0 Å². The quantitative estimate of drug-likeness (QED) is 0.385. The van der Waals surface area contributed by atoms with E-state index in [9.17, 15) is 23.5 Å². The summed E-state index contributed by atoms with van der Waals surface area (Å²) in [5, 5.41) is 19.3. The van der Waals surface area contributed by atoms with Crippen LogP contribution in [0.5, 0.6) is 5.75 Å². The van der Waals surface area contributed by atoms with Crippen LogP contribution in [0.1, 0.15) is 31.2 Å². The van der Waals surface area contributed by atoms with Gasteiger partial charge in [-0.05, 0) is 67.5 Å². The number of sulfonamides is 1. The molecule has 11 heteroatoms. The molecule has 0 radical (unpaired) electrons. The second-order valence-corrected chi connectivity index (χ2v) is 9.47. The summed E-state index contributed by atoms with van der Waals surface area (Å²) in [6.45, 7) is -0.0979. The van der Waals surface area contributed by atoms with Crippen LogP contribution in [0.2, 0.25) is 0 Å². The van der Waals surface area contributed by atoms with Crippen molar-refractivity contribution in [3.05, 3.63) is 54.4 Å². The third-order valence-corrected chi connectivity index (χ3v) is 7.45. The summed E-state index contributed by atoms with van der Waals surface area (Å²) in [6, 6.07) is 8.17. The van der Waals surface area contributed by atoms with Gasteiger partial charge in [-0.3, -0.25) is 15.0 Å². The third kappa shape index (κ3) is 5.96. The summed E-state index contributed by atoms with van der Waals surface area (Å²) in [7, 11) is -2.64. The normalized spacial score (nSPS) is 19.6. The fourth-order valence-corrected chi connectivity index (χ4v) is 5.59. The predicted molar refractivity (Wildman–Crippen MR) is 119 cm³/mol. The molecule has 3 rings (SSSR count). The maximum absolute atomic E-state index is 13.7. The second-order valence-electron chi connectivity index (χ2n) is 7.58. The van der Waals surface area contributed by atoms with Crippen molar-refractivity contribution < 1.29 is 28.3 Å². The Balaban J connectivity index is 0.00000363. The summed E-state index contributed by atoms with van der Waals surface area (Å²) in [5.74, 6) is -0.661. The topological polar surface area (TPSA) is 129 Å². The lowest BCUT2D eigenvalue weighted by Gasteiger charge is -2.37. The molecule has 1 saturated carbocycles. The molecule has 1 aromatic carbocycles. The van der Waals surface area contributed by atoms with Gasteiger partial charge in [-0.15, -0.1) is 12.4 Å². The van der Waals surface area contributed by atoms with E-state index in [4.69, 9.17) is 4.74 Å². The molecule has 1 amide bonds. The van der Waals surface area contributed by atoms with Crippen LogP contribution >= 0.6 is 12.4 Å². The van der Waals surface area contributed by atoms with Crippen LogP contribution in [0.25, 0.3) is 0 Å². The Morgan fingerprint density at radius 1 is 1.22 bits per heavy atom. The number of methoxy groups -OCH3 is 1. The number of rotatable bonds is 8. The van der Waals surface area contributed by atoms with E-state index in [-0.39, 0.29) is 29.8 Å². The molecule has 2 aromatic rings. The highest BCUT2D eigenvalue weighted by Gasteiger charge is 2.42. The van der Waals surface area contributed by atoms with E-state index in [1.165, 1.54) is 37.6 Å². The average Bonchev–Trinajstić information content (AvgIpc) is 2.80. The van der Waals surface area contributed by atoms with Crippen LogP contribution < -0.4 is 10.2 Å². The van der Waals surface area contributed by atoms with Crippen molar-refractivity contribution in [3.63, 3.8) is 0 Å². The Bertz CT molecular complexity index is 967. The fourth-order valence-electron chi connectivity index (χ4n) is 3.95. The highest BCUT2D eigenvalue weighted by atomic mass is 35.5. The zero-order valence-electron chi connectivity index (χ0n) is 17.6. The van der Waals surface area contributed by atoms with Crippen molar-refractivity contribution in [2.45, 2.75) is 49.3 Å². The van der Waals surface area contributed by atoms with Gasteiger partial charge in [-0.25, -0.2) is 13.9 Å². The number of carbonyl (C=O) groups excluding carboxylic acids is 1. The van der Waals surface area contributed by atoms with Crippen LogP contribution in [-0.4, -0.2) is 53.2 Å². The number of hydrogen-bond acceptors (Lipinski definition) is 7. The van der Waals surface area contributed by atoms with E-state index in [2.05, 4.69) is 4.98 Å². The van der Waals surface area contributed by atoms with Crippen molar-refractivity contribution in [2.75, 3.05) is 7.11 Å². The molecule has 176 valence electrons. The molecular formula is C21H28ClN3O6S. The maximum Gasteiger partial charge on any atom is 0.262 e. The number of amides is 1. The molecule has 0 bridgehead atoms. The number of benzene rings is 1. The van der Waals surface area contributed by atoms with Gasteiger partial charge in [-0.1, -0.05) is 6.07 Å². The summed E-state index contributed by atoms with van der Waals surface area (Å²) in [5.41, 5.74) is 2.24. The van der Waals surface area contributed by atoms with Gasteiger partial charge in [0.1, 0.15) is 11.8 Å². The van der Waals surface area contributed by atoms with Gasteiger partial charge in [0.15, 0.2) is 0 Å². The summed E-state index contributed by atoms with van der Waals surface area (Å²) >= 11 is 0. The monoisotopic (exact) mass is 485 g/mol. The Morgan fingerprint density at radius 2 is 1.88 bits per heavy atom. The maximum atomic E-state index is 13.7. The molecule has 1 unspecified atom stereocenters. The molecule has 1 fully saturated rings. The fraction of sp³-hybridized carbons (Fsp3) is 0.429. The number of aliphatic hydroxyl groups is 1. The molecule has 9 nitrogen and oxygen atoms in total. The average molecular weight is 486 g/mol. The Kier molecular flexibility index (Phi) is 9.41. The van der Waals surface area contributed by atoms with Gasteiger partial charge in [0.25, 0.3) is 5.91 Å². The number of hydrogen-bond donors (Lipinski definition) is 3. The summed E-state index contributed by atoms with van der Waals surface area (Å²) in [4.78, 5) is 16.8. The SMILES string of the molecule is COc1ccc(S(=O)(=O)N(Cc2cccnc2)C(C(=O)NO)[C@H]2CC[C@H](O)CC2)cc1.Cl. The van der Waals surface area contributed by atoms with Gasteiger partial charge in [0.05, 0.1) is 18.1 Å². The lowest BCUT2D eigenvalue weighted by atomic mass is 9.82. The van der Waals surface area contributed by atoms with Crippen LogP contribution in [0.3, 0.4) is 0 Å². The van der Waals surface area contributed by atoms with E-state index >= 15 is 0 Å². The van der Waals surface area contributed by atoms with Gasteiger partial charge >= 0.3 is 0 Å². The minimum Gasteiger partial charge on any atom is -0.497 e. The lowest BCUT2D eigenvalue weighted by Crippen LogP contribution is -2.53. The number of aliphatic hydroxyl groups excluding tert-OH is 1. The molecule has 1 aliphatic rings. The van der Waals surface area contributed by atoms with E-state index < -0.39 is 28.1 Å². The Morgan fingerprint density at radius 3 is 2.41 bits per heavy atom. The number of aromatic nitrogens is 1. The molecule has 0 saturated heterocycles. The van der Waals surface area contributed by atoms with E-state index in [0.29, 0.717) is 37.0 Å². The van der Waals surface area contributed by atoms with Gasteiger partial charge in [0.2, 0.25) is 10.0 Å². The molecule has 1 aliphatic carbocycles. The largest absolute Gasteiger partial charge is 0.497 e. The lowest BCUT2D eigenvalue weighted by molar-refractivity contribution is -0.136. The van der Waals surface area contributed by atoms with Gasteiger partial charge in [0, 0.05) is 18.9 Å².